The smallest absolute Gasteiger partial charge is 0.407 e. The summed E-state index contributed by atoms with van der Waals surface area (Å²) in [6, 6.07) is 3.05. The van der Waals surface area contributed by atoms with Crippen molar-refractivity contribution >= 4 is 11.9 Å². The number of carbonyl (C=O) groups excluding carboxylic acids is 2. The SMILES string of the molecule is COC(=O)NC(Cc1cccnc1)C(=O)C(C)(C)C. The predicted molar refractivity (Wildman–Crippen MR) is 71.7 cm³/mol. The third-order valence-corrected chi connectivity index (χ3v) is 2.70. The number of rotatable bonds is 4. The summed E-state index contributed by atoms with van der Waals surface area (Å²) in [4.78, 5) is 27.7. The summed E-state index contributed by atoms with van der Waals surface area (Å²) in [6.45, 7) is 5.47. The Morgan fingerprint density at radius 2 is 2.11 bits per heavy atom. The summed E-state index contributed by atoms with van der Waals surface area (Å²) in [7, 11) is 1.28. The van der Waals surface area contributed by atoms with E-state index in [9.17, 15) is 9.59 Å². The van der Waals surface area contributed by atoms with E-state index in [1.165, 1.54) is 7.11 Å². The lowest BCUT2D eigenvalue weighted by molar-refractivity contribution is -0.128. The van der Waals surface area contributed by atoms with Crippen LogP contribution in [0.4, 0.5) is 4.79 Å². The standard InChI is InChI=1S/C14H20N2O3/c1-14(2,3)12(17)11(16-13(18)19-4)8-10-6-5-7-15-9-10/h5-7,9,11H,8H2,1-4H3,(H,16,18). The van der Waals surface area contributed by atoms with Crippen LogP contribution in [0, 0.1) is 5.41 Å². The Hall–Kier alpha value is -1.91. The Morgan fingerprint density at radius 3 is 2.58 bits per heavy atom. The normalized spacial score (nSPS) is 12.6. The van der Waals surface area contributed by atoms with Crippen LogP contribution in [0.2, 0.25) is 0 Å². The molecule has 1 aromatic rings. The van der Waals surface area contributed by atoms with Gasteiger partial charge in [0.05, 0.1) is 13.2 Å². The number of ether oxygens (including phenoxy) is 1. The van der Waals surface area contributed by atoms with E-state index in [2.05, 4.69) is 15.0 Å². The molecule has 0 aliphatic carbocycles. The van der Waals surface area contributed by atoms with Crippen LogP contribution in [-0.4, -0.2) is 30.0 Å². The van der Waals surface area contributed by atoms with Crippen LogP contribution >= 0.6 is 0 Å². The minimum absolute atomic E-state index is 0.0400. The maximum atomic E-state index is 12.3. The van der Waals surface area contributed by atoms with Crippen LogP contribution in [0.15, 0.2) is 24.5 Å². The molecule has 0 spiro atoms. The summed E-state index contributed by atoms with van der Waals surface area (Å²) in [5, 5.41) is 2.58. The molecule has 0 radical (unpaired) electrons. The molecule has 1 atom stereocenters. The zero-order valence-electron chi connectivity index (χ0n) is 11.8. The third-order valence-electron chi connectivity index (χ3n) is 2.70. The fraction of sp³-hybridized carbons (Fsp3) is 0.500. The van der Waals surface area contributed by atoms with Gasteiger partial charge < -0.3 is 10.1 Å². The minimum atomic E-state index is -0.614. The average molecular weight is 264 g/mol. The van der Waals surface area contributed by atoms with E-state index in [-0.39, 0.29) is 5.78 Å². The molecule has 19 heavy (non-hydrogen) atoms. The molecule has 0 aliphatic rings. The van der Waals surface area contributed by atoms with E-state index in [0.717, 1.165) is 5.56 Å². The van der Waals surface area contributed by atoms with Gasteiger partial charge in [-0.3, -0.25) is 9.78 Å². The summed E-state index contributed by atoms with van der Waals surface area (Å²) in [6.07, 6.45) is 3.14. The number of amides is 1. The largest absolute Gasteiger partial charge is 0.453 e. The van der Waals surface area contributed by atoms with Crippen LogP contribution in [0.25, 0.3) is 0 Å². The van der Waals surface area contributed by atoms with Crippen molar-refractivity contribution in [3.8, 4) is 0 Å². The summed E-state index contributed by atoms with van der Waals surface area (Å²) in [5.41, 5.74) is 0.356. The van der Waals surface area contributed by atoms with Gasteiger partial charge in [-0.2, -0.15) is 0 Å². The van der Waals surface area contributed by atoms with Gasteiger partial charge in [0.1, 0.15) is 0 Å². The number of aromatic nitrogens is 1. The first kappa shape index (κ1) is 15.1. The van der Waals surface area contributed by atoms with Gasteiger partial charge in [0.25, 0.3) is 0 Å². The number of hydrogen-bond donors (Lipinski definition) is 1. The van der Waals surface area contributed by atoms with Gasteiger partial charge in [-0.05, 0) is 11.6 Å². The summed E-state index contributed by atoms with van der Waals surface area (Å²) >= 11 is 0. The fourth-order valence-corrected chi connectivity index (χ4v) is 1.69. The Kier molecular flexibility index (Phi) is 5.03. The molecule has 0 bridgehead atoms. The van der Waals surface area contributed by atoms with Gasteiger partial charge >= 0.3 is 6.09 Å². The van der Waals surface area contributed by atoms with Crippen molar-refractivity contribution in [2.75, 3.05) is 7.11 Å². The van der Waals surface area contributed by atoms with Gasteiger partial charge in [0.2, 0.25) is 0 Å². The van der Waals surface area contributed by atoms with E-state index in [4.69, 9.17) is 0 Å². The number of nitrogens with zero attached hydrogens (tertiary/aromatic N) is 1. The first-order valence-corrected chi connectivity index (χ1v) is 6.12. The fourth-order valence-electron chi connectivity index (χ4n) is 1.69. The van der Waals surface area contributed by atoms with E-state index in [1.54, 1.807) is 18.5 Å². The lowest BCUT2D eigenvalue weighted by Crippen LogP contribution is -2.46. The number of hydrogen-bond acceptors (Lipinski definition) is 4. The highest BCUT2D eigenvalue weighted by Gasteiger charge is 2.31. The van der Waals surface area contributed by atoms with Gasteiger partial charge in [-0.25, -0.2) is 4.79 Å². The predicted octanol–water partition coefficient (Wildman–Crippen LogP) is 1.96. The monoisotopic (exact) mass is 264 g/mol. The van der Waals surface area contributed by atoms with E-state index in [1.807, 2.05) is 26.8 Å². The van der Waals surface area contributed by atoms with Gasteiger partial charge in [0, 0.05) is 24.2 Å². The molecule has 104 valence electrons. The average Bonchev–Trinajstić information content (AvgIpc) is 2.37. The molecular formula is C14H20N2O3. The maximum Gasteiger partial charge on any atom is 0.407 e. The number of methoxy groups -OCH3 is 1. The second kappa shape index (κ2) is 6.31. The molecule has 1 rings (SSSR count). The molecule has 0 fully saturated rings. The molecule has 0 saturated carbocycles. The second-order valence-corrected chi connectivity index (χ2v) is 5.37. The molecule has 1 N–H and O–H groups in total. The molecule has 0 aliphatic heterocycles. The number of alkyl carbamates (subject to hydrolysis) is 1. The van der Waals surface area contributed by atoms with E-state index >= 15 is 0 Å². The molecule has 0 aromatic carbocycles. The molecule has 5 heteroatoms. The van der Waals surface area contributed by atoms with Gasteiger partial charge in [-0.1, -0.05) is 26.8 Å². The van der Waals surface area contributed by atoms with Crippen molar-refractivity contribution in [3.63, 3.8) is 0 Å². The molecule has 1 unspecified atom stereocenters. The molecule has 1 amide bonds. The topological polar surface area (TPSA) is 68.3 Å². The maximum absolute atomic E-state index is 12.3. The van der Waals surface area contributed by atoms with Crippen molar-refractivity contribution in [1.29, 1.82) is 0 Å². The molecule has 0 saturated heterocycles. The summed E-state index contributed by atoms with van der Waals surface area (Å²) in [5.74, 6) is -0.0400. The lowest BCUT2D eigenvalue weighted by Gasteiger charge is -2.25. The highest BCUT2D eigenvalue weighted by Crippen LogP contribution is 2.19. The Bertz CT molecular complexity index is 438. The van der Waals surface area contributed by atoms with Crippen molar-refractivity contribution in [2.24, 2.45) is 5.41 Å². The van der Waals surface area contributed by atoms with Crippen molar-refractivity contribution in [3.05, 3.63) is 30.1 Å². The minimum Gasteiger partial charge on any atom is -0.453 e. The number of nitrogens with one attached hydrogen (secondary N) is 1. The summed E-state index contributed by atoms with van der Waals surface area (Å²) < 4.78 is 4.56. The van der Waals surface area contributed by atoms with Crippen LogP contribution in [0.5, 0.6) is 0 Å². The Labute approximate surface area is 113 Å². The third kappa shape index (κ3) is 4.69. The zero-order valence-corrected chi connectivity index (χ0v) is 11.8. The number of ketones is 1. The van der Waals surface area contributed by atoms with Crippen molar-refractivity contribution < 1.29 is 14.3 Å². The second-order valence-electron chi connectivity index (χ2n) is 5.37. The van der Waals surface area contributed by atoms with E-state index in [0.29, 0.717) is 6.42 Å². The highest BCUT2D eigenvalue weighted by atomic mass is 16.5. The lowest BCUT2D eigenvalue weighted by atomic mass is 9.84. The first-order chi connectivity index (χ1) is 8.84. The molecule has 1 heterocycles. The van der Waals surface area contributed by atoms with Crippen LogP contribution in [-0.2, 0) is 16.0 Å². The molecule has 1 aromatic heterocycles. The van der Waals surface area contributed by atoms with Crippen LogP contribution in [0.1, 0.15) is 26.3 Å². The first-order valence-electron chi connectivity index (χ1n) is 6.12. The zero-order chi connectivity index (χ0) is 14.5. The van der Waals surface area contributed by atoms with Crippen LogP contribution in [0.3, 0.4) is 0 Å². The number of pyridine rings is 1. The van der Waals surface area contributed by atoms with Crippen molar-refractivity contribution in [2.45, 2.75) is 33.2 Å². The number of Topliss-reactive ketones (excluding diaryl/α,β-unsaturated/α-hetero) is 1. The van der Waals surface area contributed by atoms with Crippen LogP contribution < -0.4 is 5.32 Å². The van der Waals surface area contributed by atoms with Crippen molar-refractivity contribution in [1.82, 2.24) is 10.3 Å². The van der Waals surface area contributed by atoms with E-state index < -0.39 is 17.6 Å². The quantitative estimate of drug-likeness (QED) is 0.902. The Balaban J connectivity index is 2.87. The highest BCUT2D eigenvalue weighted by molar-refractivity contribution is 5.91. The molecule has 5 nitrogen and oxygen atoms in total. The molecular weight excluding hydrogens is 244 g/mol. The Morgan fingerprint density at radius 1 is 1.42 bits per heavy atom. The number of carbonyl (C=O) groups is 2. The van der Waals surface area contributed by atoms with Gasteiger partial charge in [0.15, 0.2) is 5.78 Å². The van der Waals surface area contributed by atoms with Gasteiger partial charge in [-0.15, -0.1) is 0 Å².